The molecule has 0 aromatic heterocycles. The molecule has 0 radical (unpaired) electrons. The molecule has 0 saturated heterocycles. The van der Waals surface area contributed by atoms with Gasteiger partial charge >= 0.3 is 6.18 Å². The van der Waals surface area contributed by atoms with Gasteiger partial charge in [0.1, 0.15) is 6.61 Å². The van der Waals surface area contributed by atoms with Gasteiger partial charge in [0, 0.05) is 26.7 Å². The van der Waals surface area contributed by atoms with E-state index in [0.717, 1.165) is 11.8 Å². The van der Waals surface area contributed by atoms with Crippen LogP contribution >= 0.6 is 24.0 Å². The van der Waals surface area contributed by atoms with Gasteiger partial charge in [0.25, 0.3) is 0 Å². The van der Waals surface area contributed by atoms with Crippen molar-refractivity contribution in [1.82, 2.24) is 15.4 Å². The number of nitrogens with zero attached hydrogens (tertiary/aromatic N) is 1. The van der Waals surface area contributed by atoms with Crippen molar-refractivity contribution in [3.63, 3.8) is 0 Å². The van der Waals surface area contributed by atoms with E-state index in [4.69, 9.17) is 0 Å². The van der Waals surface area contributed by atoms with E-state index < -0.39 is 22.8 Å². The van der Waals surface area contributed by atoms with Crippen LogP contribution in [0.2, 0.25) is 0 Å². The van der Waals surface area contributed by atoms with Crippen molar-refractivity contribution < 1.29 is 26.3 Å². The van der Waals surface area contributed by atoms with Crippen LogP contribution in [0.1, 0.15) is 17.5 Å². The lowest BCUT2D eigenvalue weighted by atomic mass is 10.1. The van der Waals surface area contributed by atoms with E-state index in [2.05, 4.69) is 25.1 Å². The summed E-state index contributed by atoms with van der Waals surface area (Å²) in [5, 5.41) is 6.15. The quantitative estimate of drug-likeness (QED) is 0.184. The molecule has 0 aliphatic carbocycles. The largest absolute Gasteiger partial charge is 0.411 e. The molecule has 0 aliphatic rings. The lowest BCUT2D eigenvalue weighted by Gasteiger charge is -2.12. The van der Waals surface area contributed by atoms with Crippen molar-refractivity contribution in [1.29, 1.82) is 0 Å². The zero-order valence-electron chi connectivity index (χ0n) is 15.7. The fourth-order valence-corrected chi connectivity index (χ4v) is 2.51. The zero-order chi connectivity index (χ0) is 20.3. The van der Waals surface area contributed by atoms with Crippen molar-refractivity contribution in [2.45, 2.75) is 25.7 Å². The predicted octanol–water partition coefficient (Wildman–Crippen LogP) is 1.99. The minimum absolute atomic E-state index is 0. The number of ether oxygens (including phenoxy) is 1. The van der Waals surface area contributed by atoms with E-state index in [9.17, 15) is 21.6 Å². The molecule has 1 rings (SSSR count). The number of benzene rings is 1. The van der Waals surface area contributed by atoms with Crippen LogP contribution in [0.3, 0.4) is 0 Å². The first kappa shape index (κ1) is 26.9. The maximum Gasteiger partial charge on any atom is 0.411 e. The summed E-state index contributed by atoms with van der Waals surface area (Å²) in [7, 11) is -1.57. The van der Waals surface area contributed by atoms with Gasteiger partial charge in [-0.15, -0.1) is 24.0 Å². The molecule has 1 aromatic rings. The van der Waals surface area contributed by atoms with Gasteiger partial charge in [0.15, 0.2) is 5.96 Å². The number of hydrogen-bond donors (Lipinski definition) is 3. The molecule has 162 valence electrons. The van der Waals surface area contributed by atoms with Crippen LogP contribution in [0.15, 0.2) is 29.3 Å². The molecule has 0 amide bonds. The molecule has 1 aromatic carbocycles. The van der Waals surface area contributed by atoms with Crippen LogP contribution < -0.4 is 15.4 Å². The first-order valence-corrected chi connectivity index (χ1v) is 10.1. The highest BCUT2D eigenvalue weighted by Gasteiger charge is 2.27. The van der Waals surface area contributed by atoms with Gasteiger partial charge in [0.2, 0.25) is 10.0 Å². The maximum atomic E-state index is 12.0. The summed E-state index contributed by atoms with van der Waals surface area (Å²) in [5.41, 5.74) is 1.58. The van der Waals surface area contributed by atoms with E-state index >= 15 is 0 Å². The Hall–Kier alpha value is -1.12. The highest BCUT2D eigenvalue weighted by molar-refractivity contribution is 14.0. The molecular formula is C16H26F3IN4O3S. The second kappa shape index (κ2) is 13.2. The third-order valence-corrected chi connectivity index (χ3v) is 3.98. The van der Waals surface area contributed by atoms with Gasteiger partial charge in [-0.1, -0.05) is 24.3 Å². The maximum absolute atomic E-state index is 12.0. The van der Waals surface area contributed by atoms with Crippen LogP contribution in [0.5, 0.6) is 0 Å². The van der Waals surface area contributed by atoms with Crippen molar-refractivity contribution in [3.05, 3.63) is 35.4 Å². The first-order valence-electron chi connectivity index (χ1n) is 8.20. The molecule has 0 bridgehead atoms. The van der Waals surface area contributed by atoms with Crippen LogP contribution in [0, 0.1) is 0 Å². The topological polar surface area (TPSA) is 91.8 Å². The number of nitrogens with one attached hydrogen (secondary N) is 3. The molecule has 7 nitrogen and oxygen atoms in total. The first-order chi connectivity index (χ1) is 12.6. The van der Waals surface area contributed by atoms with Crippen molar-refractivity contribution >= 4 is 40.0 Å². The summed E-state index contributed by atoms with van der Waals surface area (Å²) in [6.45, 7) is -0.0146. The summed E-state index contributed by atoms with van der Waals surface area (Å²) < 4.78 is 65.0. The molecule has 0 unspecified atom stereocenters. The number of hydrogen-bond acceptors (Lipinski definition) is 4. The predicted molar refractivity (Wildman–Crippen MR) is 113 cm³/mol. The third kappa shape index (κ3) is 14.0. The smallest absolute Gasteiger partial charge is 0.367 e. The number of sulfonamides is 1. The number of aliphatic imine (C=N–C) groups is 1. The van der Waals surface area contributed by atoms with Crippen molar-refractivity contribution in [2.24, 2.45) is 4.99 Å². The van der Waals surface area contributed by atoms with Crippen LogP contribution in [0.4, 0.5) is 13.2 Å². The Balaban J connectivity index is 0.00000729. The second-order valence-corrected chi connectivity index (χ2v) is 7.63. The molecular weight excluding hydrogens is 512 g/mol. The average molecular weight is 538 g/mol. The van der Waals surface area contributed by atoms with Crippen LogP contribution in [0.25, 0.3) is 0 Å². The summed E-state index contributed by atoms with van der Waals surface area (Å²) in [6, 6.07) is 7.01. The Morgan fingerprint density at radius 2 is 1.71 bits per heavy atom. The van der Waals surface area contributed by atoms with E-state index in [1.54, 1.807) is 31.3 Å². The Bertz CT molecular complexity index is 698. The van der Waals surface area contributed by atoms with Crippen LogP contribution in [-0.2, 0) is 27.9 Å². The minimum Gasteiger partial charge on any atom is -0.367 e. The minimum atomic E-state index is -4.33. The van der Waals surface area contributed by atoms with E-state index in [1.165, 1.54) is 0 Å². The summed E-state index contributed by atoms with van der Waals surface area (Å²) in [6.07, 6.45) is -2.62. The fourth-order valence-electron chi connectivity index (χ4n) is 2.00. The molecule has 12 heteroatoms. The van der Waals surface area contributed by atoms with Crippen molar-refractivity contribution in [2.75, 3.05) is 33.0 Å². The third-order valence-electron chi connectivity index (χ3n) is 3.25. The average Bonchev–Trinajstić information content (AvgIpc) is 2.56. The number of alkyl halides is 3. The normalized spacial score (nSPS) is 12.4. The lowest BCUT2D eigenvalue weighted by Crippen LogP contribution is -2.38. The van der Waals surface area contributed by atoms with E-state index in [1.807, 2.05) is 0 Å². The summed E-state index contributed by atoms with van der Waals surface area (Å²) >= 11 is 0. The summed E-state index contributed by atoms with van der Waals surface area (Å²) in [5.74, 6) is 0.562. The van der Waals surface area contributed by atoms with Gasteiger partial charge < -0.3 is 15.4 Å². The Morgan fingerprint density at radius 1 is 1.11 bits per heavy atom. The standard InChI is InChI=1S/C16H25F3N4O3S.HI/c1-20-15(21-8-3-9-23-27(2,24)25)22-10-13-4-6-14(7-5-13)11-26-12-16(17,18)19;/h4-7,23H,3,8-12H2,1-2H3,(H2,20,21,22);1H. The van der Waals surface area contributed by atoms with E-state index in [0.29, 0.717) is 37.6 Å². The molecule has 0 aliphatic heterocycles. The van der Waals surface area contributed by atoms with Crippen LogP contribution in [-0.4, -0.2) is 53.6 Å². The SMILES string of the molecule is CN=C(NCCCNS(C)(=O)=O)NCc1ccc(COCC(F)(F)F)cc1.I. The Morgan fingerprint density at radius 3 is 2.25 bits per heavy atom. The second-order valence-electron chi connectivity index (χ2n) is 5.80. The highest BCUT2D eigenvalue weighted by atomic mass is 127. The molecule has 0 heterocycles. The molecule has 0 spiro atoms. The molecule has 0 saturated carbocycles. The van der Waals surface area contributed by atoms with Crippen molar-refractivity contribution in [3.8, 4) is 0 Å². The zero-order valence-corrected chi connectivity index (χ0v) is 18.8. The van der Waals surface area contributed by atoms with E-state index in [-0.39, 0.29) is 30.6 Å². The van der Waals surface area contributed by atoms with Gasteiger partial charge in [0.05, 0.1) is 12.9 Å². The van der Waals surface area contributed by atoms with Gasteiger partial charge in [-0.05, 0) is 17.5 Å². The number of guanidine groups is 1. The fraction of sp³-hybridized carbons (Fsp3) is 0.562. The molecule has 0 atom stereocenters. The lowest BCUT2D eigenvalue weighted by molar-refractivity contribution is -0.176. The number of halogens is 4. The molecule has 3 N–H and O–H groups in total. The Labute approximate surface area is 180 Å². The van der Waals surface area contributed by atoms with Gasteiger partial charge in [-0.25, -0.2) is 13.1 Å². The summed E-state index contributed by atoms with van der Waals surface area (Å²) in [4.78, 5) is 4.06. The Kier molecular flexibility index (Phi) is 12.6. The number of rotatable bonds is 10. The monoisotopic (exact) mass is 538 g/mol. The molecule has 28 heavy (non-hydrogen) atoms. The van der Waals surface area contributed by atoms with Gasteiger partial charge in [-0.3, -0.25) is 4.99 Å². The molecule has 0 fully saturated rings. The highest BCUT2D eigenvalue weighted by Crippen LogP contribution is 2.15. The van der Waals surface area contributed by atoms with Gasteiger partial charge in [-0.2, -0.15) is 13.2 Å².